The van der Waals surface area contributed by atoms with Crippen LogP contribution in [0.5, 0.6) is 0 Å². The van der Waals surface area contributed by atoms with Gasteiger partial charge in [0.1, 0.15) is 5.82 Å². The third-order valence-corrected chi connectivity index (χ3v) is 6.22. The Labute approximate surface area is 189 Å². The van der Waals surface area contributed by atoms with Crippen LogP contribution < -0.4 is 11.1 Å². The predicted octanol–water partition coefficient (Wildman–Crippen LogP) is 5.57. The molecular formula is C25H20ClFN4O. The maximum absolute atomic E-state index is 13.5. The number of nitrogen functional groups attached to an aromatic ring is 1. The Balaban J connectivity index is 1.56. The molecular weight excluding hydrogens is 427 g/mol. The standard InChI is InChI=1S/C25H20ClFN4O/c1-14-19-12-6-15-5-9-17(29-25(32)20-3-2-4-22(28)23(20)26)13-21(15)24(19)31(30-14)18-10-7-16(27)8-11-18/h2-5,7-11,13H,6,12,28H2,1H3,(H,29,32). The van der Waals surface area contributed by atoms with Crippen molar-refractivity contribution in [2.45, 2.75) is 19.8 Å². The summed E-state index contributed by atoms with van der Waals surface area (Å²) in [4.78, 5) is 12.8. The van der Waals surface area contributed by atoms with E-state index in [1.165, 1.54) is 17.7 Å². The summed E-state index contributed by atoms with van der Waals surface area (Å²) in [5.74, 6) is -0.626. The normalized spacial score (nSPS) is 12.2. The van der Waals surface area contributed by atoms with E-state index in [0.717, 1.165) is 41.0 Å². The molecule has 3 N–H and O–H groups in total. The first-order valence-electron chi connectivity index (χ1n) is 10.3. The number of aryl methyl sites for hydroxylation is 2. The number of rotatable bonds is 3. The van der Waals surface area contributed by atoms with Crippen molar-refractivity contribution in [3.8, 4) is 16.9 Å². The Hall–Kier alpha value is -3.64. The molecule has 0 unspecified atom stereocenters. The van der Waals surface area contributed by atoms with Crippen molar-refractivity contribution in [3.05, 3.63) is 93.9 Å². The molecule has 4 aromatic rings. The van der Waals surface area contributed by atoms with Gasteiger partial charge in [0.25, 0.3) is 5.91 Å². The van der Waals surface area contributed by atoms with Gasteiger partial charge in [-0.15, -0.1) is 0 Å². The number of nitrogens with one attached hydrogen (secondary N) is 1. The lowest BCUT2D eigenvalue weighted by Gasteiger charge is -2.20. The molecule has 1 heterocycles. The highest BCUT2D eigenvalue weighted by Gasteiger charge is 2.25. The van der Waals surface area contributed by atoms with Crippen LogP contribution in [0.2, 0.25) is 5.02 Å². The molecule has 0 spiro atoms. The summed E-state index contributed by atoms with van der Waals surface area (Å²) >= 11 is 6.21. The van der Waals surface area contributed by atoms with E-state index in [1.54, 1.807) is 30.3 Å². The van der Waals surface area contributed by atoms with E-state index >= 15 is 0 Å². The van der Waals surface area contributed by atoms with Crippen LogP contribution in [0.15, 0.2) is 60.7 Å². The molecule has 5 rings (SSSR count). The minimum Gasteiger partial charge on any atom is -0.398 e. The third-order valence-electron chi connectivity index (χ3n) is 5.80. The van der Waals surface area contributed by atoms with Crippen LogP contribution in [0.4, 0.5) is 15.8 Å². The van der Waals surface area contributed by atoms with Gasteiger partial charge in [0, 0.05) is 16.8 Å². The van der Waals surface area contributed by atoms with E-state index in [0.29, 0.717) is 16.9 Å². The Morgan fingerprint density at radius 1 is 1.12 bits per heavy atom. The number of nitrogens with two attached hydrogens (primary N) is 1. The molecule has 0 fully saturated rings. The summed E-state index contributed by atoms with van der Waals surface area (Å²) in [6, 6.07) is 17.1. The van der Waals surface area contributed by atoms with Gasteiger partial charge in [-0.3, -0.25) is 4.79 Å². The second-order valence-corrected chi connectivity index (χ2v) is 8.21. The van der Waals surface area contributed by atoms with Crippen molar-refractivity contribution < 1.29 is 9.18 Å². The molecule has 3 aromatic carbocycles. The lowest BCUT2D eigenvalue weighted by Crippen LogP contribution is -2.14. The minimum atomic E-state index is -0.332. The number of anilines is 2. The molecule has 0 radical (unpaired) electrons. The van der Waals surface area contributed by atoms with Crippen LogP contribution in [-0.2, 0) is 12.8 Å². The van der Waals surface area contributed by atoms with Crippen LogP contribution in [0.1, 0.15) is 27.2 Å². The summed E-state index contributed by atoms with van der Waals surface area (Å²) < 4.78 is 15.3. The predicted molar refractivity (Wildman–Crippen MR) is 125 cm³/mol. The number of halogens is 2. The molecule has 0 saturated heterocycles. The fourth-order valence-corrected chi connectivity index (χ4v) is 4.39. The minimum absolute atomic E-state index is 0.232. The fraction of sp³-hybridized carbons (Fsp3) is 0.120. The van der Waals surface area contributed by atoms with Gasteiger partial charge in [0.05, 0.1) is 33.3 Å². The van der Waals surface area contributed by atoms with E-state index in [4.69, 9.17) is 22.4 Å². The number of hydrogen-bond acceptors (Lipinski definition) is 3. The first-order valence-corrected chi connectivity index (χ1v) is 10.6. The Morgan fingerprint density at radius 3 is 2.69 bits per heavy atom. The van der Waals surface area contributed by atoms with Crippen molar-refractivity contribution in [2.75, 3.05) is 11.1 Å². The topological polar surface area (TPSA) is 72.9 Å². The van der Waals surface area contributed by atoms with Crippen LogP contribution in [0, 0.1) is 12.7 Å². The monoisotopic (exact) mass is 446 g/mol. The average molecular weight is 447 g/mol. The second-order valence-electron chi connectivity index (χ2n) is 7.84. The van der Waals surface area contributed by atoms with Crippen molar-refractivity contribution in [3.63, 3.8) is 0 Å². The van der Waals surface area contributed by atoms with Gasteiger partial charge in [0.2, 0.25) is 0 Å². The molecule has 0 saturated carbocycles. The summed E-state index contributed by atoms with van der Waals surface area (Å²) in [7, 11) is 0. The van der Waals surface area contributed by atoms with Crippen molar-refractivity contribution >= 4 is 28.9 Å². The van der Waals surface area contributed by atoms with Gasteiger partial charge in [-0.1, -0.05) is 23.7 Å². The molecule has 1 amide bonds. The number of amides is 1. The van der Waals surface area contributed by atoms with E-state index in [2.05, 4.69) is 5.32 Å². The summed E-state index contributed by atoms with van der Waals surface area (Å²) in [6.45, 7) is 1.98. The van der Waals surface area contributed by atoms with Crippen molar-refractivity contribution in [2.24, 2.45) is 0 Å². The highest BCUT2D eigenvalue weighted by Crippen LogP contribution is 2.38. The Morgan fingerprint density at radius 2 is 1.91 bits per heavy atom. The third kappa shape index (κ3) is 3.42. The molecule has 1 aliphatic rings. The van der Waals surface area contributed by atoms with Gasteiger partial charge >= 0.3 is 0 Å². The smallest absolute Gasteiger partial charge is 0.257 e. The van der Waals surface area contributed by atoms with E-state index in [1.807, 2.05) is 29.8 Å². The number of hydrogen-bond donors (Lipinski definition) is 2. The van der Waals surface area contributed by atoms with Gasteiger partial charge in [-0.05, 0) is 73.9 Å². The zero-order valence-electron chi connectivity index (χ0n) is 17.3. The number of benzene rings is 3. The first-order chi connectivity index (χ1) is 15.4. The highest BCUT2D eigenvalue weighted by atomic mass is 35.5. The highest BCUT2D eigenvalue weighted by molar-refractivity contribution is 6.36. The molecule has 1 aromatic heterocycles. The number of carbonyl (C=O) groups is 1. The number of carbonyl (C=O) groups excluding carboxylic acids is 1. The number of fused-ring (bicyclic) bond motifs is 3. The maximum Gasteiger partial charge on any atom is 0.257 e. The SMILES string of the molecule is Cc1nn(-c2ccc(F)cc2)c2c1CCc1ccc(NC(=O)c3cccc(N)c3Cl)cc1-2. The summed E-state index contributed by atoms with van der Waals surface area (Å²) in [5, 5.41) is 7.88. The van der Waals surface area contributed by atoms with E-state index < -0.39 is 0 Å². The quantitative estimate of drug-likeness (QED) is 0.404. The fourth-order valence-electron chi connectivity index (χ4n) is 4.18. The van der Waals surface area contributed by atoms with Crippen LogP contribution in [0.3, 0.4) is 0 Å². The lowest BCUT2D eigenvalue weighted by molar-refractivity contribution is 0.102. The van der Waals surface area contributed by atoms with Crippen LogP contribution >= 0.6 is 11.6 Å². The molecule has 5 nitrogen and oxygen atoms in total. The number of nitrogens with zero attached hydrogens (tertiary/aromatic N) is 2. The van der Waals surface area contributed by atoms with Gasteiger partial charge in [-0.2, -0.15) is 5.10 Å². The number of aromatic nitrogens is 2. The van der Waals surface area contributed by atoms with E-state index in [-0.39, 0.29) is 16.7 Å². The van der Waals surface area contributed by atoms with Gasteiger partial charge < -0.3 is 11.1 Å². The zero-order valence-corrected chi connectivity index (χ0v) is 18.1. The zero-order chi connectivity index (χ0) is 22.4. The Bertz CT molecular complexity index is 1360. The van der Waals surface area contributed by atoms with E-state index in [9.17, 15) is 9.18 Å². The largest absolute Gasteiger partial charge is 0.398 e. The average Bonchev–Trinajstić information content (AvgIpc) is 3.13. The van der Waals surface area contributed by atoms with Crippen LogP contribution in [0.25, 0.3) is 16.9 Å². The Kier molecular flexibility index (Phi) is 4.94. The van der Waals surface area contributed by atoms with Gasteiger partial charge in [-0.25, -0.2) is 9.07 Å². The van der Waals surface area contributed by atoms with Crippen molar-refractivity contribution in [1.29, 1.82) is 0 Å². The van der Waals surface area contributed by atoms with Crippen LogP contribution in [-0.4, -0.2) is 15.7 Å². The van der Waals surface area contributed by atoms with Crippen molar-refractivity contribution in [1.82, 2.24) is 9.78 Å². The molecule has 0 bridgehead atoms. The maximum atomic E-state index is 13.5. The van der Waals surface area contributed by atoms with Gasteiger partial charge in [0.15, 0.2) is 0 Å². The summed E-state index contributed by atoms with van der Waals surface area (Å²) in [5.41, 5.74) is 13.2. The lowest BCUT2D eigenvalue weighted by atomic mass is 9.88. The molecule has 0 atom stereocenters. The molecule has 32 heavy (non-hydrogen) atoms. The molecule has 0 aliphatic heterocycles. The summed E-state index contributed by atoms with van der Waals surface area (Å²) in [6.07, 6.45) is 1.76. The second kappa shape index (κ2) is 7.80. The molecule has 1 aliphatic carbocycles. The first kappa shape index (κ1) is 20.3. The molecule has 7 heteroatoms. The molecule has 160 valence electrons.